The number of halogens is 3. The first-order valence-electron chi connectivity index (χ1n) is 8.89. The molecule has 5 nitrogen and oxygen atoms in total. The molecule has 1 aliphatic rings. The first-order chi connectivity index (χ1) is 13.7. The van der Waals surface area contributed by atoms with Gasteiger partial charge in [0, 0.05) is 24.5 Å². The quantitative estimate of drug-likeness (QED) is 0.684. The van der Waals surface area contributed by atoms with Gasteiger partial charge in [-0.2, -0.15) is 17.5 Å². The van der Waals surface area contributed by atoms with Crippen LogP contribution in [-0.2, 0) is 16.6 Å². The lowest BCUT2D eigenvalue weighted by molar-refractivity contribution is -0.0328. The summed E-state index contributed by atoms with van der Waals surface area (Å²) in [6.07, 6.45) is 1.69. The number of nitrogens with zero attached hydrogens (tertiary/aromatic N) is 1. The minimum absolute atomic E-state index is 0.0634. The molecule has 3 rings (SSSR count). The Labute approximate surface area is 171 Å². The highest BCUT2D eigenvalue weighted by Crippen LogP contribution is 2.38. The van der Waals surface area contributed by atoms with Crippen LogP contribution >= 0.6 is 11.8 Å². The summed E-state index contributed by atoms with van der Waals surface area (Å²) in [6, 6.07) is 11.6. The third kappa shape index (κ3) is 5.52. The van der Waals surface area contributed by atoms with E-state index in [9.17, 15) is 26.4 Å². The van der Waals surface area contributed by atoms with Crippen molar-refractivity contribution >= 4 is 27.7 Å². The molecule has 0 radical (unpaired) electrons. The van der Waals surface area contributed by atoms with E-state index in [1.165, 1.54) is 40.7 Å². The van der Waals surface area contributed by atoms with Crippen LogP contribution in [-0.4, -0.2) is 37.2 Å². The zero-order valence-corrected chi connectivity index (χ0v) is 16.9. The standard InChI is InChI=1S/C19H19F3N2O3S2/c20-19(21,22)28-17-6-2-1-5-16(17)18(25)23-13-14-7-9-15(10-8-14)29(26,27)24-11-3-4-12-24/h1-2,5-10H,3-4,11-13H2,(H,23,25). The van der Waals surface area contributed by atoms with Crippen molar-refractivity contribution < 1.29 is 26.4 Å². The molecule has 1 N–H and O–H groups in total. The Hall–Kier alpha value is -2.04. The van der Waals surface area contributed by atoms with Crippen LogP contribution in [0.5, 0.6) is 0 Å². The number of carbonyl (C=O) groups excluding carboxylic acids is 1. The Morgan fingerprint density at radius 3 is 2.28 bits per heavy atom. The van der Waals surface area contributed by atoms with E-state index in [0.717, 1.165) is 12.8 Å². The maximum atomic E-state index is 12.7. The average Bonchev–Trinajstić information content (AvgIpc) is 3.21. The molecule has 2 aromatic rings. The Morgan fingerprint density at radius 2 is 1.66 bits per heavy atom. The summed E-state index contributed by atoms with van der Waals surface area (Å²) in [6.45, 7) is 1.08. The molecule has 1 amide bonds. The van der Waals surface area contributed by atoms with Gasteiger partial charge in [-0.1, -0.05) is 24.3 Å². The number of hydrogen-bond acceptors (Lipinski definition) is 4. The Balaban J connectivity index is 1.66. The molecule has 0 spiro atoms. The normalized spacial score (nSPS) is 15.4. The van der Waals surface area contributed by atoms with Gasteiger partial charge >= 0.3 is 5.51 Å². The zero-order valence-electron chi connectivity index (χ0n) is 15.3. The van der Waals surface area contributed by atoms with E-state index >= 15 is 0 Å². The largest absolute Gasteiger partial charge is 0.446 e. The highest BCUT2D eigenvalue weighted by atomic mass is 32.2. The molecular weight excluding hydrogens is 425 g/mol. The second-order valence-electron chi connectivity index (χ2n) is 6.48. The van der Waals surface area contributed by atoms with Crippen LogP contribution in [0.15, 0.2) is 58.3 Å². The van der Waals surface area contributed by atoms with Crippen LogP contribution in [0.4, 0.5) is 13.2 Å². The van der Waals surface area contributed by atoms with Crippen molar-refractivity contribution in [2.45, 2.75) is 34.7 Å². The minimum Gasteiger partial charge on any atom is -0.348 e. The lowest BCUT2D eigenvalue weighted by atomic mass is 10.2. The highest BCUT2D eigenvalue weighted by molar-refractivity contribution is 8.00. The van der Waals surface area contributed by atoms with Crippen molar-refractivity contribution in [3.05, 3.63) is 59.7 Å². The molecule has 1 fully saturated rings. The van der Waals surface area contributed by atoms with Gasteiger partial charge in [0.15, 0.2) is 0 Å². The monoisotopic (exact) mass is 444 g/mol. The number of alkyl halides is 3. The van der Waals surface area contributed by atoms with Gasteiger partial charge < -0.3 is 5.32 Å². The van der Waals surface area contributed by atoms with E-state index in [4.69, 9.17) is 0 Å². The second-order valence-corrected chi connectivity index (χ2v) is 9.53. The van der Waals surface area contributed by atoms with E-state index in [2.05, 4.69) is 5.32 Å². The van der Waals surface area contributed by atoms with Crippen LogP contribution in [0.25, 0.3) is 0 Å². The summed E-state index contributed by atoms with van der Waals surface area (Å²) >= 11 is -0.338. The van der Waals surface area contributed by atoms with E-state index in [0.29, 0.717) is 18.7 Å². The average molecular weight is 444 g/mol. The fraction of sp³-hybridized carbons (Fsp3) is 0.316. The summed E-state index contributed by atoms with van der Waals surface area (Å²) in [4.78, 5) is 12.3. The van der Waals surface area contributed by atoms with Gasteiger partial charge in [0.2, 0.25) is 10.0 Å². The van der Waals surface area contributed by atoms with Crippen molar-refractivity contribution in [2.75, 3.05) is 13.1 Å². The lowest BCUT2D eigenvalue weighted by Gasteiger charge is -2.15. The molecular formula is C19H19F3N2O3S2. The maximum absolute atomic E-state index is 12.7. The van der Waals surface area contributed by atoms with Gasteiger partial charge in [-0.15, -0.1) is 0 Å². The predicted octanol–water partition coefficient (Wildman–Crippen LogP) is 4.01. The molecule has 0 atom stereocenters. The van der Waals surface area contributed by atoms with Crippen molar-refractivity contribution in [1.29, 1.82) is 0 Å². The molecule has 1 saturated heterocycles. The van der Waals surface area contributed by atoms with Crippen molar-refractivity contribution in [3.8, 4) is 0 Å². The Bertz CT molecular complexity index is 971. The van der Waals surface area contributed by atoms with Gasteiger partial charge in [0.1, 0.15) is 0 Å². The second kappa shape index (κ2) is 8.76. The number of thioether (sulfide) groups is 1. The predicted molar refractivity (Wildman–Crippen MR) is 104 cm³/mol. The molecule has 1 heterocycles. The number of amides is 1. The fourth-order valence-electron chi connectivity index (χ4n) is 3.00. The van der Waals surface area contributed by atoms with Crippen LogP contribution in [0.1, 0.15) is 28.8 Å². The smallest absolute Gasteiger partial charge is 0.348 e. The lowest BCUT2D eigenvalue weighted by Crippen LogP contribution is -2.28. The van der Waals surface area contributed by atoms with Gasteiger partial charge in [-0.05, 0) is 54.4 Å². The number of rotatable bonds is 6. The molecule has 0 aromatic heterocycles. The third-order valence-electron chi connectivity index (χ3n) is 4.44. The molecule has 0 saturated carbocycles. The summed E-state index contributed by atoms with van der Waals surface area (Å²) in [7, 11) is -3.52. The molecule has 2 aromatic carbocycles. The minimum atomic E-state index is -4.49. The third-order valence-corrected chi connectivity index (χ3v) is 7.16. The summed E-state index contributed by atoms with van der Waals surface area (Å²) in [5.74, 6) is -0.633. The number of nitrogens with one attached hydrogen (secondary N) is 1. The zero-order chi connectivity index (χ0) is 21.1. The molecule has 0 unspecified atom stereocenters. The number of hydrogen-bond donors (Lipinski definition) is 1. The van der Waals surface area contributed by atoms with E-state index in [1.54, 1.807) is 12.1 Å². The molecule has 0 aliphatic carbocycles. The topological polar surface area (TPSA) is 66.5 Å². The molecule has 29 heavy (non-hydrogen) atoms. The van der Waals surface area contributed by atoms with Crippen molar-refractivity contribution in [2.24, 2.45) is 0 Å². The van der Waals surface area contributed by atoms with Gasteiger partial charge in [0.05, 0.1) is 10.5 Å². The fourth-order valence-corrected chi connectivity index (χ4v) is 5.19. The molecule has 10 heteroatoms. The summed E-state index contributed by atoms with van der Waals surface area (Å²) < 4.78 is 64.4. The van der Waals surface area contributed by atoms with Crippen molar-refractivity contribution in [3.63, 3.8) is 0 Å². The van der Waals surface area contributed by atoms with Crippen LogP contribution < -0.4 is 5.32 Å². The first-order valence-corrected chi connectivity index (χ1v) is 11.1. The Kier molecular flexibility index (Phi) is 6.55. The van der Waals surface area contributed by atoms with E-state index in [-0.39, 0.29) is 33.7 Å². The summed E-state index contributed by atoms with van der Waals surface area (Å²) in [5, 5.41) is 2.58. The van der Waals surface area contributed by atoms with Crippen LogP contribution in [0.2, 0.25) is 0 Å². The molecule has 1 aliphatic heterocycles. The SMILES string of the molecule is O=C(NCc1ccc(S(=O)(=O)N2CCCC2)cc1)c1ccccc1SC(F)(F)F. The van der Waals surface area contributed by atoms with E-state index < -0.39 is 21.4 Å². The van der Waals surface area contributed by atoms with Crippen LogP contribution in [0, 0.1) is 0 Å². The molecule has 156 valence electrons. The summed E-state index contributed by atoms with van der Waals surface area (Å²) in [5.41, 5.74) is -3.92. The van der Waals surface area contributed by atoms with E-state index in [1.807, 2.05) is 0 Å². The van der Waals surface area contributed by atoms with Crippen molar-refractivity contribution in [1.82, 2.24) is 9.62 Å². The van der Waals surface area contributed by atoms with Crippen LogP contribution in [0.3, 0.4) is 0 Å². The molecule has 0 bridgehead atoms. The highest BCUT2D eigenvalue weighted by Gasteiger charge is 2.31. The number of carbonyl (C=O) groups is 1. The van der Waals surface area contributed by atoms with Gasteiger partial charge in [-0.3, -0.25) is 4.79 Å². The Morgan fingerprint density at radius 1 is 1.03 bits per heavy atom. The number of benzene rings is 2. The van der Waals surface area contributed by atoms with Gasteiger partial charge in [-0.25, -0.2) is 8.42 Å². The maximum Gasteiger partial charge on any atom is 0.446 e. The first kappa shape index (κ1) is 21.7. The number of sulfonamides is 1. The van der Waals surface area contributed by atoms with Gasteiger partial charge in [0.25, 0.3) is 5.91 Å².